The summed E-state index contributed by atoms with van der Waals surface area (Å²) < 4.78 is 0. The van der Waals surface area contributed by atoms with Gasteiger partial charge in [0.1, 0.15) is 0 Å². The van der Waals surface area contributed by atoms with Gasteiger partial charge in [-0.1, -0.05) is 24.8 Å². The summed E-state index contributed by atoms with van der Waals surface area (Å²) in [6, 6.07) is 9.42. The molecule has 1 aromatic carbocycles. The maximum absolute atomic E-state index is 5.04. The summed E-state index contributed by atoms with van der Waals surface area (Å²) in [6.45, 7) is 3.37. The van der Waals surface area contributed by atoms with Crippen LogP contribution < -0.4 is 10.3 Å². The summed E-state index contributed by atoms with van der Waals surface area (Å²) in [4.78, 5) is 5.04. The molecule has 0 aromatic heterocycles. The van der Waals surface area contributed by atoms with Crippen molar-refractivity contribution in [3.8, 4) is 5.75 Å². The third-order valence-corrected chi connectivity index (χ3v) is 1.08. The van der Waals surface area contributed by atoms with Crippen LogP contribution in [0.25, 0.3) is 0 Å². The number of hydrogen-bond acceptors (Lipinski definition) is 2. The predicted octanol–water partition coefficient (Wildman–Crippen LogP) is 1.87. The van der Waals surface area contributed by atoms with E-state index in [0.29, 0.717) is 0 Å². The second-order valence-electron chi connectivity index (χ2n) is 1.88. The van der Waals surface area contributed by atoms with Gasteiger partial charge in [-0.15, -0.1) is 5.73 Å². The van der Waals surface area contributed by atoms with Crippen LogP contribution >= 0.6 is 0 Å². The molecule has 2 nitrogen and oxygen atoms in total. The Hall–Kier alpha value is -1.66. The zero-order chi connectivity index (χ0) is 7.94. The summed E-state index contributed by atoms with van der Waals surface area (Å²) in [5, 5.41) is 0. The molecule has 1 N–H and O–H groups in total. The Bertz CT molecular complexity index is 250. The lowest BCUT2D eigenvalue weighted by Gasteiger charge is -2.00. The van der Waals surface area contributed by atoms with Crippen LogP contribution in [0.2, 0.25) is 0 Å². The van der Waals surface area contributed by atoms with Crippen LogP contribution in [0.4, 0.5) is 0 Å². The first-order valence-corrected chi connectivity index (χ1v) is 3.25. The summed E-state index contributed by atoms with van der Waals surface area (Å²) >= 11 is 0. The maximum atomic E-state index is 5.04. The molecule has 0 radical (unpaired) electrons. The quantitative estimate of drug-likeness (QED) is 0.520. The number of rotatable bonds is 3. The average Bonchev–Trinajstić information content (AvgIpc) is 2.07. The van der Waals surface area contributed by atoms with Gasteiger partial charge in [-0.3, -0.25) is 0 Å². The van der Waals surface area contributed by atoms with E-state index < -0.39 is 0 Å². The Morgan fingerprint density at radius 1 is 1.36 bits per heavy atom. The highest BCUT2D eigenvalue weighted by molar-refractivity contribution is 5.20. The molecule has 0 heterocycles. The summed E-state index contributed by atoms with van der Waals surface area (Å²) in [5.74, 6) is 0.763. The third-order valence-electron chi connectivity index (χ3n) is 1.08. The molecule has 0 atom stereocenters. The molecule has 0 spiro atoms. The smallest absolute Gasteiger partial charge is 0.155 e. The average molecular weight is 147 g/mol. The van der Waals surface area contributed by atoms with Gasteiger partial charge in [0, 0.05) is 0 Å². The fourth-order valence-corrected chi connectivity index (χ4v) is 0.628. The van der Waals surface area contributed by atoms with Crippen molar-refractivity contribution in [2.75, 3.05) is 0 Å². The van der Waals surface area contributed by atoms with Gasteiger partial charge in [-0.05, 0) is 12.1 Å². The van der Waals surface area contributed by atoms with E-state index >= 15 is 0 Å². The van der Waals surface area contributed by atoms with Crippen LogP contribution in [0.15, 0.2) is 48.8 Å². The maximum Gasteiger partial charge on any atom is 0.155 e. The number of hydrogen-bond donors (Lipinski definition) is 1. The predicted molar refractivity (Wildman–Crippen MR) is 43.9 cm³/mol. The lowest BCUT2D eigenvalue weighted by molar-refractivity contribution is 0.243. The van der Waals surface area contributed by atoms with Gasteiger partial charge < -0.3 is 4.84 Å². The first-order chi connectivity index (χ1) is 5.43. The van der Waals surface area contributed by atoms with Crippen LogP contribution in [0.1, 0.15) is 0 Å². The highest BCUT2D eigenvalue weighted by Gasteiger charge is 1.85. The Morgan fingerprint density at radius 3 is 2.73 bits per heavy atom. The lowest BCUT2D eigenvalue weighted by atomic mass is 10.3. The second kappa shape index (κ2) is 4.20. The van der Waals surface area contributed by atoms with Crippen LogP contribution in [0.5, 0.6) is 5.75 Å². The van der Waals surface area contributed by atoms with Crippen LogP contribution in [0, 0.1) is 0 Å². The molecule has 0 unspecified atom stereocenters. The fourth-order valence-electron chi connectivity index (χ4n) is 0.628. The normalized spacial score (nSPS) is 8.00. The molecule has 11 heavy (non-hydrogen) atoms. The summed E-state index contributed by atoms with van der Waals surface area (Å²) in [6.07, 6.45) is 1.49. The molecule has 0 aliphatic heterocycles. The van der Waals surface area contributed by atoms with E-state index in [1.807, 2.05) is 30.3 Å². The van der Waals surface area contributed by atoms with E-state index in [-0.39, 0.29) is 0 Å². The highest BCUT2D eigenvalue weighted by atomic mass is 16.6. The van der Waals surface area contributed by atoms with Crippen molar-refractivity contribution in [3.05, 3.63) is 48.8 Å². The summed E-state index contributed by atoms with van der Waals surface area (Å²) in [7, 11) is 0. The molecule has 0 amide bonds. The first kappa shape index (κ1) is 7.45. The lowest BCUT2D eigenvalue weighted by Crippen LogP contribution is -2.09. The van der Waals surface area contributed by atoms with Crippen molar-refractivity contribution >= 4 is 0 Å². The van der Waals surface area contributed by atoms with Crippen LogP contribution in [-0.4, -0.2) is 0 Å². The Morgan fingerprint density at radius 2 is 2.09 bits per heavy atom. The van der Waals surface area contributed by atoms with Crippen molar-refractivity contribution in [1.29, 1.82) is 0 Å². The minimum atomic E-state index is 0.763. The van der Waals surface area contributed by atoms with Gasteiger partial charge in [-0.2, -0.15) is 0 Å². The monoisotopic (exact) mass is 147 g/mol. The Kier molecular flexibility index (Phi) is 2.85. The van der Waals surface area contributed by atoms with Crippen molar-refractivity contribution in [1.82, 2.24) is 5.48 Å². The van der Waals surface area contributed by atoms with Crippen molar-refractivity contribution in [2.24, 2.45) is 0 Å². The molecule has 0 aliphatic rings. The van der Waals surface area contributed by atoms with E-state index in [9.17, 15) is 0 Å². The van der Waals surface area contributed by atoms with Crippen molar-refractivity contribution in [3.63, 3.8) is 0 Å². The van der Waals surface area contributed by atoms with Gasteiger partial charge in [0.25, 0.3) is 0 Å². The third kappa shape index (κ3) is 2.61. The van der Waals surface area contributed by atoms with Gasteiger partial charge in [0.2, 0.25) is 0 Å². The van der Waals surface area contributed by atoms with Gasteiger partial charge in [0.15, 0.2) is 5.75 Å². The standard InChI is InChI=1S/C9H9NO/c1-2-8-10-11-9-6-4-3-5-7-9/h3-8,10H,1H2. The molecule has 0 saturated carbocycles. The minimum Gasteiger partial charge on any atom is -0.382 e. The Balaban J connectivity index is 2.45. The van der Waals surface area contributed by atoms with Gasteiger partial charge in [0.05, 0.1) is 6.20 Å². The topological polar surface area (TPSA) is 21.3 Å². The number of nitrogens with one attached hydrogen (secondary N) is 1. The number of hydroxylamine groups is 1. The molecule has 0 saturated heterocycles. The molecule has 0 aliphatic carbocycles. The molecule has 56 valence electrons. The summed E-state index contributed by atoms with van der Waals surface area (Å²) in [5.41, 5.74) is 5.08. The van der Waals surface area contributed by atoms with Gasteiger partial charge >= 0.3 is 0 Å². The van der Waals surface area contributed by atoms with Crippen molar-refractivity contribution in [2.45, 2.75) is 0 Å². The van der Waals surface area contributed by atoms with E-state index in [2.05, 4.69) is 17.8 Å². The zero-order valence-electron chi connectivity index (χ0n) is 6.08. The SMILES string of the molecule is C=C=CNOc1ccccc1. The molecular formula is C9H9NO. The van der Waals surface area contributed by atoms with E-state index in [0.717, 1.165) is 5.75 Å². The molecule has 0 bridgehead atoms. The highest BCUT2D eigenvalue weighted by Crippen LogP contribution is 2.05. The first-order valence-electron chi connectivity index (χ1n) is 3.25. The van der Waals surface area contributed by atoms with Crippen molar-refractivity contribution < 1.29 is 4.84 Å². The van der Waals surface area contributed by atoms with E-state index in [4.69, 9.17) is 4.84 Å². The molecule has 2 heteroatoms. The van der Waals surface area contributed by atoms with E-state index in [1.54, 1.807) is 0 Å². The Labute approximate surface area is 65.8 Å². The van der Waals surface area contributed by atoms with E-state index in [1.165, 1.54) is 6.20 Å². The number of para-hydroxylation sites is 1. The minimum absolute atomic E-state index is 0.763. The number of benzene rings is 1. The van der Waals surface area contributed by atoms with Crippen LogP contribution in [-0.2, 0) is 0 Å². The van der Waals surface area contributed by atoms with Crippen LogP contribution in [0.3, 0.4) is 0 Å². The zero-order valence-corrected chi connectivity index (χ0v) is 6.08. The molecule has 1 rings (SSSR count). The second-order valence-corrected chi connectivity index (χ2v) is 1.88. The molecule has 0 fully saturated rings. The molecule has 1 aromatic rings. The fraction of sp³-hybridized carbons (Fsp3) is 0. The molecular weight excluding hydrogens is 138 g/mol. The largest absolute Gasteiger partial charge is 0.382 e. The van der Waals surface area contributed by atoms with Gasteiger partial charge in [-0.25, -0.2) is 5.48 Å².